The molecular weight excluding hydrogens is 249 g/mol. The molecule has 0 saturated heterocycles. The second-order valence-electron chi connectivity index (χ2n) is 3.79. The van der Waals surface area contributed by atoms with E-state index in [4.69, 9.17) is 5.11 Å². The first-order chi connectivity index (χ1) is 8.37. The van der Waals surface area contributed by atoms with Gasteiger partial charge in [0.05, 0.1) is 6.61 Å². The van der Waals surface area contributed by atoms with Gasteiger partial charge in [0, 0.05) is 18.3 Å². The Morgan fingerprint density at radius 1 is 1.50 bits per heavy atom. The molecule has 0 aliphatic carbocycles. The zero-order valence-electron chi connectivity index (χ0n) is 9.74. The summed E-state index contributed by atoms with van der Waals surface area (Å²) in [4.78, 5) is 15.3. The van der Waals surface area contributed by atoms with E-state index in [2.05, 4.69) is 4.98 Å². The number of anilines is 1. The molecule has 100 valence electrons. The second-order valence-corrected chi connectivity index (χ2v) is 3.79. The molecule has 0 amide bonds. The first-order valence-corrected chi connectivity index (χ1v) is 5.21. The molecule has 18 heavy (non-hydrogen) atoms. The first-order valence-electron chi connectivity index (χ1n) is 5.21. The van der Waals surface area contributed by atoms with E-state index in [-0.39, 0.29) is 12.4 Å². The van der Waals surface area contributed by atoms with Crippen LogP contribution in [0.3, 0.4) is 0 Å². The van der Waals surface area contributed by atoms with Crippen molar-refractivity contribution in [2.24, 2.45) is 0 Å². The molecule has 0 fully saturated rings. The standard InChI is InChI=1S/C11H13F3N2O2/c1-8-4-9(6-18)5-15-10(8)16(2-3-17)7-11(12,13)14/h4-6,17H,2-3,7H2,1H3. The molecule has 1 aromatic heterocycles. The van der Waals surface area contributed by atoms with E-state index in [0.717, 1.165) is 4.90 Å². The number of carbonyl (C=O) groups excluding carboxylic acids is 1. The van der Waals surface area contributed by atoms with Gasteiger partial charge in [-0.1, -0.05) is 0 Å². The number of aliphatic hydroxyl groups excluding tert-OH is 1. The molecule has 1 rings (SSSR count). The van der Waals surface area contributed by atoms with Gasteiger partial charge in [0.15, 0.2) is 6.29 Å². The first kappa shape index (κ1) is 14.4. The number of aryl methyl sites for hydroxylation is 1. The molecule has 0 spiro atoms. The van der Waals surface area contributed by atoms with E-state index >= 15 is 0 Å². The second kappa shape index (κ2) is 5.81. The number of aliphatic hydroxyl groups is 1. The van der Waals surface area contributed by atoms with Gasteiger partial charge < -0.3 is 10.0 Å². The zero-order chi connectivity index (χ0) is 13.8. The summed E-state index contributed by atoms with van der Waals surface area (Å²) in [5.74, 6) is 0.118. The van der Waals surface area contributed by atoms with Crippen LogP contribution in [0.4, 0.5) is 19.0 Å². The fraction of sp³-hybridized carbons (Fsp3) is 0.455. The smallest absolute Gasteiger partial charge is 0.395 e. The fourth-order valence-corrected chi connectivity index (χ4v) is 1.58. The zero-order valence-corrected chi connectivity index (χ0v) is 9.74. The molecule has 0 aromatic carbocycles. The van der Waals surface area contributed by atoms with Crippen molar-refractivity contribution in [3.63, 3.8) is 0 Å². The third kappa shape index (κ3) is 3.99. The third-order valence-corrected chi connectivity index (χ3v) is 2.25. The Morgan fingerprint density at radius 2 is 2.17 bits per heavy atom. The third-order valence-electron chi connectivity index (χ3n) is 2.25. The molecule has 0 saturated carbocycles. The van der Waals surface area contributed by atoms with Crippen molar-refractivity contribution in [2.45, 2.75) is 13.1 Å². The predicted molar refractivity (Wildman–Crippen MR) is 59.7 cm³/mol. The van der Waals surface area contributed by atoms with Gasteiger partial charge in [0.2, 0.25) is 0 Å². The average molecular weight is 262 g/mol. The van der Waals surface area contributed by atoms with E-state index in [0.29, 0.717) is 17.4 Å². The van der Waals surface area contributed by atoms with E-state index in [1.165, 1.54) is 12.3 Å². The van der Waals surface area contributed by atoms with E-state index in [1.54, 1.807) is 6.92 Å². The normalized spacial score (nSPS) is 11.4. The predicted octanol–water partition coefficient (Wildman–Crippen LogP) is 1.56. The topological polar surface area (TPSA) is 53.4 Å². The highest BCUT2D eigenvalue weighted by molar-refractivity contribution is 5.75. The van der Waals surface area contributed by atoms with Crippen molar-refractivity contribution in [3.05, 3.63) is 23.4 Å². The van der Waals surface area contributed by atoms with Crippen LogP contribution in [0.1, 0.15) is 15.9 Å². The summed E-state index contributed by atoms with van der Waals surface area (Å²) in [6.07, 6.45) is -2.60. The highest BCUT2D eigenvalue weighted by Crippen LogP contribution is 2.23. The lowest BCUT2D eigenvalue weighted by Gasteiger charge is -2.25. The molecule has 0 aliphatic rings. The van der Waals surface area contributed by atoms with Crippen LogP contribution >= 0.6 is 0 Å². The number of hydrogen-bond donors (Lipinski definition) is 1. The van der Waals surface area contributed by atoms with Crippen molar-refractivity contribution in [1.29, 1.82) is 0 Å². The van der Waals surface area contributed by atoms with Gasteiger partial charge in [0.25, 0.3) is 0 Å². The Bertz CT molecular complexity index is 421. The van der Waals surface area contributed by atoms with Crippen LogP contribution in [0.15, 0.2) is 12.3 Å². The largest absolute Gasteiger partial charge is 0.405 e. The maximum Gasteiger partial charge on any atom is 0.405 e. The molecule has 0 bridgehead atoms. The Morgan fingerprint density at radius 3 is 2.61 bits per heavy atom. The van der Waals surface area contributed by atoms with Gasteiger partial charge in [-0.25, -0.2) is 4.98 Å². The maximum atomic E-state index is 12.4. The van der Waals surface area contributed by atoms with Crippen LogP contribution < -0.4 is 4.90 Å². The number of aldehydes is 1. The Labute approximate surface area is 102 Å². The summed E-state index contributed by atoms with van der Waals surface area (Å²) in [7, 11) is 0. The number of pyridine rings is 1. The minimum Gasteiger partial charge on any atom is -0.395 e. The average Bonchev–Trinajstić information content (AvgIpc) is 2.26. The number of halogens is 3. The number of aromatic nitrogens is 1. The van der Waals surface area contributed by atoms with Crippen LogP contribution in [-0.2, 0) is 0 Å². The summed E-state index contributed by atoms with van der Waals surface area (Å²) in [6, 6.07) is 1.45. The number of nitrogens with zero attached hydrogens (tertiary/aromatic N) is 2. The minimum atomic E-state index is -4.38. The fourth-order valence-electron chi connectivity index (χ4n) is 1.58. The molecule has 1 heterocycles. The summed E-state index contributed by atoms with van der Waals surface area (Å²) in [5.41, 5.74) is 0.754. The van der Waals surface area contributed by atoms with Crippen molar-refractivity contribution >= 4 is 12.1 Å². The molecule has 1 N–H and O–H groups in total. The molecule has 0 radical (unpaired) electrons. The van der Waals surface area contributed by atoms with Crippen LogP contribution in [0.2, 0.25) is 0 Å². The lowest BCUT2D eigenvalue weighted by atomic mass is 10.2. The molecule has 0 aliphatic heterocycles. The number of carbonyl (C=O) groups is 1. The van der Waals surface area contributed by atoms with Gasteiger partial charge in [0.1, 0.15) is 12.4 Å². The van der Waals surface area contributed by atoms with Gasteiger partial charge in [-0.3, -0.25) is 4.79 Å². The van der Waals surface area contributed by atoms with Gasteiger partial charge >= 0.3 is 6.18 Å². The van der Waals surface area contributed by atoms with E-state index in [9.17, 15) is 18.0 Å². The van der Waals surface area contributed by atoms with Gasteiger partial charge in [-0.15, -0.1) is 0 Å². The van der Waals surface area contributed by atoms with Crippen LogP contribution in [-0.4, -0.2) is 42.2 Å². The summed E-state index contributed by atoms with van der Waals surface area (Å²) in [5, 5.41) is 8.79. The van der Waals surface area contributed by atoms with Crippen LogP contribution in [0.5, 0.6) is 0 Å². The van der Waals surface area contributed by atoms with Gasteiger partial charge in [-0.05, 0) is 18.6 Å². The van der Waals surface area contributed by atoms with E-state index in [1.807, 2.05) is 0 Å². The molecule has 7 heteroatoms. The van der Waals surface area contributed by atoms with Crippen LogP contribution in [0.25, 0.3) is 0 Å². The van der Waals surface area contributed by atoms with Crippen molar-refractivity contribution in [2.75, 3.05) is 24.6 Å². The van der Waals surface area contributed by atoms with Crippen molar-refractivity contribution < 1.29 is 23.1 Å². The molecule has 4 nitrogen and oxygen atoms in total. The molecular formula is C11H13F3N2O2. The lowest BCUT2D eigenvalue weighted by molar-refractivity contribution is -0.120. The Kier molecular flexibility index (Phi) is 4.66. The van der Waals surface area contributed by atoms with Crippen molar-refractivity contribution in [1.82, 2.24) is 4.98 Å². The molecule has 0 unspecified atom stereocenters. The number of hydrogen-bond acceptors (Lipinski definition) is 4. The highest BCUT2D eigenvalue weighted by Gasteiger charge is 2.31. The summed E-state index contributed by atoms with van der Waals surface area (Å²) in [6.45, 7) is -0.210. The SMILES string of the molecule is Cc1cc(C=O)cnc1N(CCO)CC(F)(F)F. The minimum absolute atomic E-state index is 0.118. The molecule has 0 atom stereocenters. The number of alkyl halides is 3. The highest BCUT2D eigenvalue weighted by atomic mass is 19.4. The van der Waals surface area contributed by atoms with E-state index < -0.39 is 19.3 Å². The monoisotopic (exact) mass is 262 g/mol. The molecule has 1 aromatic rings. The van der Waals surface area contributed by atoms with Gasteiger partial charge in [-0.2, -0.15) is 13.2 Å². The van der Waals surface area contributed by atoms with Crippen molar-refractivity contribution in [3.8, 4) is 0 Å². The summed E-state index contributed by atoms with van der Waals surface area (Å²) < 4.78 is 37.2. The Balaban J connectivity index is 3.01. The maximum absolute atomic E-state index is 12.4. The number of rotatable bonds is 5. The Hall–Kier alpha value is -1.63. The lowest BCUT2D eigenvalue weighted by Crippen LogP contribution is -2.37. The quantitative estimate of drug-likeness (QED) is 0.818. The van der Waals surface area contributed by atoms with Crippen LogP contribution in [0, 0.1) is 6.92 Å². The summed E-state index contributed by atoms with van der Waals surface area (Å²) >= 11 is 0.